The van der Waals surface area contributed by atoms with E-state index in [2.05, 4.69) is 15.3 Å². The Morgan fingerprint density at radius 3 is 2.62 bits per heavy atom. The van der Waals surface area contributed by atoms with E-state index in [1.165, 1.54) is 0 Å². The van der Waals surface area contributed by atoms with E-state index in [0.717, 1.165) is 28.6 Å². The minimum absolute atomic E-state index is 0.249. The summed E-state index contributed by atoms with van der Waals surface area (Å²) in [7, 11) is 0. The Labute approximate surface area is 154 Å². The highest BCUT2D eigenvalue weighted by atomic mass is 35.5. The summed E-state index contributed by atoms with van der Waals surface area (Å²) in [4.78, 5) is 19.6. The quantitative estimate of drug-likeness (QED) is 0.409. The van der Waals surface area contributed by atoms with Crippen molar-refractivity contribution in [2.45, 2.75) is 37.6 Å². The number of anilines is 2. The first-order valence-corrected chi connectivity index (χ1v) is 8.92. The number of hydrogen-bond acceptors (Lipinski definition) is 5. The molecule has 2 N–H and O–H groups in total. The van der Waals surface area contributed by atoms with Gasteiger partial charge in [0.15, 0.2) is 5.16 Å². The van der Waals surface area contributed by atoms with Crippen LogP contribution in [0.3, 0.4) is 0 Å². The standard InChI is InChI=1S/C16H17Cl2N3O2S/c1-4-12(15(22)23)24-16-20-13(18)7-14(21-16)19-11-6-5-10(17)8(2)9(11)3/h5-7,12H,4H2,1-3H3,(H,22,23)(H,19,20,21). The van der Waals surface area contributed by atoms with E-state index in [4.69, 9.17) is 28.3 Å². The highest BCUT2D eigenvalue weighted by Gasteiger charge is 2.19. The second-order valence-electron chi connectivity index (χ2n) is 5.18. The van der Waals surface area contributed by atoms with E-state index in [9.17, 15) is 4.79 Å². The van der Waals surface area contributed by atoms with E-state index in [1.807, 2.05) is 26.0 Å². The van der Waals surface area contributed by atoms with Crippen LogP contribution in [0.2, 0.25) is 10.2 Å². The van der Waals surface area contributed by atoms with Gasteiger partial charge in [0.25, 0.3) is 0 Å². The van der Waals surface area contributed by atoms with Gasteiger partial charge in [-0.15, -0.1) is 0 Å². The maximum Gasteiger partial charge on any atom is 0.317 e. The highest BCUT2D eigenvalue weighted by Crippen LogP contribution is 2.30. The molecule has 1 aromatic carbocycles. The second kappa shape index (κ2) is 8.05. The number of nitrogens with zero attached hydrogens (tertiary/aromatic N) is 2. The fourth-order valence-electron chi connectivity index (χ4n) is 2.01. The van der Waals surface area contributed by atoms with Crippen LogP contribution in [0.1, 0.15) is 24.5 Å². The maximum absolute atomic E-state index is 11.2. The number of benzene rings is 1. The number of carbonyl (C=O) groups is 1. The van der Waals surface area contributed by atoms with Gasteiger partial charge in [-0.3, -0.25) is 4.79 Å². The van der Waals surface area contributed by atoms with Gasteiger partial charge in [-0.2, -0.15) is 0 Å². The fourth-order valence-corrected chi connectivity index (χ4v) is 3.27. The molecule has 0 aliphatic rings. The van der Waals surface area contributed by atoms with Crippen LogP contribution in [-0.2, 0) is 4.79 Å². The van der Waals surface area contributed by atoms with Gasteiger partial charge in [0.1, 0.15) is 16.2 Å². The molecule has 0 radical (unpaired) electrons. The van der Waals surface area contributed by atoms with Gasteiger partial charge in [-0.25, -0.2) is 9.97 Å². The van der Waals surface area contributed by atoms with Crippen LogP contribution in [0, 0.1) is 13.8 Å². The molecule has 1 atom stereocenters. The molecule has 1 aromatic heterocycles. The normalized spacial score (nSPS) is 12.0. The first kappa shape index (κ1) is 18.8. The number of hydrogen-bond donors (Lipinski definition) is 2. The Morgan fingerprint density at radius 1 is 1.29 bits per heavy atom. The molecule has 0 saturated carbocycles. The number of halogens is 2. The van der Waals surface area contributed by atoms with Crippen molar-refractivity contribution in [1.29, 1.82) is 0 Å². The number of thioether (sulfide) groups is 1. The fraction of sp³-hybridized carbons (Fsp3) is 0.312. The third kappa shape index (κ3) is 4.53. The van der Waals surface area contributed by atoms with Crippen molar-refractivity contribution in [2.24, 2.45) is 0 Å². The molecule has 0 aliphatic carbocycles. The van der Waals surface area contributed by atoms with Crippen molar-refractivity contribution in [3.8, 4) is 0 Å². The maximum atomic E-state index is 11.2. The summed E-state index contributed by atoms with van der Waals surface area (Å²) in [6.45, 7) is 5.70. The van der Waals surface area contributed by atoms with Gasteiger partial charge in [0.05, 0.1) is 0 Å². The zero-order valence-corrected chi connectivity index (χ0v) is 15.8. The summed E-state index contributed by atoms with van der Waals surface area (Å²) in [5, 5.41) is 13.0. The van der Waals surface area contributed by atoms with Crippen LogP contribution >= 0.6 is 35.0 Å². The van der Waals surface area contributed by atoms with Crippen molar-refractivity contribution < 1.29 is 9.90 Å². The largest absolute Gasteiger partial charge is 0.480 e. The Morgan fingerprint density at radius 2 is 2.00 bits per heavy atom. The van der Waals surface area contributed by atoms with Gasteiger partial charge < -0.3 is 10.4 Å². The van der Waals surface area contributed by atoms with Crippen LogP contribution in [0.4, 0.5) is 11.5 Å². The molecule has 0 aliphatic heterocycles. The number of rotatable bonds is 6. The van der Waals surface area contributed by atoms with Crippen LogP contribution in [0.25, 0.3) is 0 Å². The smallest absolute Gasteiger partial charge is 0.317 e. The van der Waals surface area contributed by atoms with Crippen molar-refractivity contribution in [3.63, 3.8) is 0 Å². The third-order valence-electron chi connectivity index (χ3n) is 3.55. The van der Waals surface area contributed by atoms with Gasteiger partial charge in [-0.05, 0) is 43.5 Å². The predicted octanol–water partition coefficient (Wildman–Crippen LogP) is 5.10. The number of carboxylic acids is 1. The lowest BCUT2D eigenvalue weighted by Gasteiger charge is -2.13. The molecular weight excluding hydrogens is 369 g/mol. The average Bonchev–Trinajstić information content (AvgIpc) is 2.52. The number of nitrogens with one attached hydrogen (secondary N) is 1. The molecular formula is C16H17Cl2N3O2S. The van der Waals surface area contributed by atoms with Crippen molar-refractivity contribution in [2.75, 3.05) is 5.32 Å². The predicted molar refractivity (Wildman–Crippen MR) is 98.8 cm³/mol. The highest BCUT2D eigenvalue weighted by molar-refractivity contribution is 8.00. The molecule has 0 fully saturated rings. The Bertz CT molecular complexity index is 771. The van der Waals surface area contributed by atoms with E-state index in [-0.39, 0.29) is 5.15 Å². The summed E-state index contributed by atoms with van der Waals surface area (Å²) in [5.74, 6) is -0.396. The van der Waals surface area contributed by atoms with Gasteiger partial charge in [0.2, 0.25) is 0 Å². The van der Waals surface area contributed by atoms with Gasteiger partial charge in [0, 0.05) is 16.8 Å². The Kier molecular flexibility index (Phi) is 6.32. The van der Waals surface area contributed by atoms with Crippen LogP contribution in [0.15, 0.2) is 23.4 Å². The molecule has 1 heterocycles. The van der Waals surface area contributed by atoms with Crippen LogP contribution in [-0.4, -0.2) is 26.3 Å². The van der Waals surface area contributed by atoms with Gasteiger partial charge >= 0.3 is 5.97 Å². The van der Waals surface area contributed by atoms with Crippen molar-refractivity contribution in [3.05, 3.63) is 39.5 Å². The van der Waals surface area contributed by atoms with Crippen molar-refractivity contribution in [1.82, 2.24) is 9.97 Å². The topological polar surface area (TPSA) is 75.1 Å². The molecule has 0 spiro atoms. The van der Waals surface area contributed by atoms with Gasteiger partial charge in [-0.1, -0.05) is 41.9 Å². The molecule has 0 bridgehead atoms. The molecule has 2 aromatic rings. The zero-order chi connectivity index (χ0) is 17.9. The monoisotopic (exact) mass is 385 g/mol. The lowest BCUT2D eigenvalue weighted by Crippen LogP contribution is -2.15. The summed E-state index contributed by atoms with van der Waals surface area (Å²) in [6.07, 6.45) is 0.466. The first-order valence-electron chi connectivity index (χ1n) is 7.28. The minimum Gasteiger partial charge on any atom is -0.480 e. The number of aliphatic carboxylic acids is 1. The summed E-state index contributed by atoms with van der Waals surface area (Å²) < 4.78 is 0. The molecule has 24 heavy (non-hydrogen) atoms. The van der Waals surface area contributed by atoms with E-state index >= 15 is 0 Å². The summed E-state index contributed by atoms with van der Waals surface area (Å²) in [5.41, 5.74) is 2.84. The minimum atomic E-state index is -0.898. The first-order chi connectivity index (χ1) is 11.3. The Hall–Kier alpha value is -1.50. The third-order valence-corrected chi connectivity index (χ3v) is 5.37. The Balaban J connectivity index is 2.29. The molecule has 0 amide bonds. The van der Waals surface area contributed by atoms with E-state index in [1.54, 1.807) is 13.0 Å². The lowest BCUT2D eigenvalue weighted by atomic mass is 10.1. The lowest BCUT2D eigenvalue weighted by molar-refractivity contribution is -0.136. The number of carboxylic acid groups (broad SMARTS) is 1. The molecule has 0 saturated heterocycles. The average molecular weight is 386 g/mol. The summed E-state index contributed by atoms with van der Waals surface area (Å²) in [6, 6.07) is 5.26. The molecule has 8 heteroatoms. The summed E-state index contributed by atoms with van der Waals surface area (Å²) >= 11 is 13.2. The zero-order valence-electron chi connectivity index (χ0n) is 13.4. The molecule has 1 unspecified atom stereocenters. The molecule has 2 rings (SSSR count). The van der Waals surface area contributed by atoms with Crippen LogP contribution < -0.4 is 5.32 Å². The van der Waals surface area contributed by atoms with Crippen molar-refractivity contribution >= 4 is 52.4 Å². The molecule has 128 valence electrons. The van der Waals surface area contributed by atoms with E-state index in [0.29, 0.717) is 22.4 Å². The SMILES string of the molecule is CCC(Sc1nc(Cl)cc(Nc2ccc(Cl)c(C)c2C)n1)C(=O)O. The second-order valence-corrected chi connectivity index (χ2v) is 7.15. The number of aromatic nitrogens is 2. The molecule has 5 nitrogen and oxygen atoms in total. The van der Waals surface area contributed by atoms with E-state index < -0.39 is 11.2 Å². The van der Waals surface area contributed by atoms with Crippen LogP contribution in [0.5, 0.6) is 0 Å².